The number of allylic oxidation sites excluding steroid dienone is 6. The smallest absolute Gasteiger partial charge is 0.303 e. The van der Waals surface area contributed by atoms with Crippen molar-refractivity contribution in [2.45, 2.75) is 535 Å². The summed E-state index contributed by atoms with van der Waals surface area (Å²) in [6.07, 6.45) is 72.0. The molecule has 0 bridgehead atoms. The summed E-state index contributed by atoms with van der Waals surface area (Å²) in [6, 6.07) is 0. The number of Topliss-reactive ketones (excluding diaryl/α,β-unsaturated/α-hetero) is 1. The molecule has 7 heteroatoms. The van der Waals surface area contributed by atoms with E-state index in [9.17, 15) is 34.8 Å². The Bertz CT molecular complexity index is 4820. The van der Waals surface area contributed by atoms with Crippen LogP contribution in [-0.2, 0) is 14.4 Å². The Kier molecular flexibility index (Phi) is 28.2. The van der Waals surface area contributed by atoms with Crippen LogP contribution in [0.2, 0.25) is 0 Å². The maximum atomic E-state index is 12.6. The minimum Gasteiger partial charge on any atom is -0.481 e. The second kappa shape index (κ2) is 37.0. The van der Waals surface area contributed by atoms with E-state index in [0.29, 0.717) is 152 Å². The van der Waals surface area contributed by atoms with Crippen molar-refractivity contribution in [1.29, 1.82) is 0 Å². The highest BCUT2D eigenvalue weighted by Gasteiger charge is 2.86. The lowest BCUT2D eigenvalue weighted by Crippen LogP contribution is -2.60. The number of carboxylic acid groups (broad SMARTS) is 2. The lowest BCUT2D eigenvalue weighted by atomic mass is 9.37. The number of aliphatic carboxylic acids is 2. The zero-order valence-corrected chi connectivity index (χ0v) is 99.6. The van der Waals surface area contributed by atoms with Gasteiger partial charge in [-0.25, -0.2) is 0 Å². The zero-order chi connectivity index (χ0) is 104. The van der Waals surface area contributed by atoms with Gasteiger partial charge in [0.1, 0.15) is 0 Å². The molecule has 0 heterocycles. The van der Waals surface area contributed by atoms with E-state index < -0.39 is 11.9 Å². The Labute approximate surface area is 885 Å². The molecule has 23 rings (SSSR count). The second-order valence-electron chi connectivity index (χ2n) is 65.4. The summed E-state index contributed by atoms with van der Waals surface area (Å²) in [5.74, 6) is 19.5. The van der Waals surface area contributed by atoms with E-state index in [1.165, 1.54) is 257 Å². The van der Waals surface area contributed by atoms with E-state index in [-0.39, 0.29) is 16.9 Å². The molecule has 0 aliphatic heterocycles. The van der Waals surface area contributed by atoms with Crippen LogP contribution in [0.1, 0.15) is 529 Å². The fourth-order valence-electron chi connectivity index (χ4n) is 50.4. The molecule has 4 N–H and O–H groups in total. The van der Waals surface area contributed by atoms with E-state index in [1.54, 1.807) is 24.0 Å². The van der Waals surface area contributed by atoms with Crippen molar-refractivity contribution >= 4 is 17.7 Å². The third kappa shape index (κ3) is 15.4. The first-order valence-electron chi connectivity index (χ1n) is 63.5. The first-order valence-corrected chi connectivity index (χ1v) is 63.5. The van der Waals surface area contributed by atoms with Gasteiger partial charge in [-0.15, -0.1) is 0 Å². The van der Waals surface area contributed by atoms with Crippen LogP contribution in [0.15, 0.2) is 34.9 Å². The van der Waals surface area contributed by atoms with Crippen LogP contribution in [0.5, 0.6) is 0 Å². The summed E-state index contributed by atoms with van der Waals surface area (Å²) in [5, 5.41) is 38.7. The van der Waals surface area contributed by atoms with Crippen LogP contribution in [0.4, 0.5) is 0 Å². The monoisotopic (exact) mass is 1980 g/mol. The minimum atomic E-state index is -0.628. The molecule has 42 atom stereocenters. The number of ketones is 1. The van der Waals surface area contributed by atoms with Crippen LogP contribution < -0.4 is 0 Å². The van der Waals surface area contributed by atoms with E-state index in [0.717, 1.165) is 161 Å². The molecule has 0 aromatic rings. The predicted molar refractivity (Wildman–Crippen MR) is 598 cm³/mol. The van der Waals surface area contributed by atoms with Gasteiger partial charge in [-0.2, -0.15) is 0 Å². The van der Waals surface area contributed by atoms with Gasteiger partial charge in [-0.05, 0) is 576 Å². The standard InChI is InChI=1S/C31H52O.C28H46O2.C28H48O2.C28H48O.C22H32O/c1-20(2)21(3)9-10-22(4)23-13-15-29(8)25-12-11-24-27(5,6)26(32)14-16-30(24)19-31(25,30)18-17-28(23,29)7;1-18(7-10-23(29)30)20-12-13-26(6)22-9-8-21-24(3,4)19(2)11-14-27(21)17-28(22,27)16-15-25(20,26)5;1-18(8-11-24(29)30)20-13-16-28(7)22-9-10-23-25(3,4)19(2)12-15-26(23,5)21(22)14-17-27(20,28)6;1-19(8-7-17-29)21-12-13-26(6)23-10-9-22-24(3,4)20(2)11-14-27(22)18-28(23,27)16-15-25(21,26)5;1-5-17-20(23)13-19-16-7-6-15-12-14(2)8-10-21(15,3)18(16)9-11-22(17,19)4/h9,20,22-26,32H,10-19H2,1-8H3;18-22H,7-17H2,1-6H3,(H,29,30);18-23H,8-17H2,1-7H3,(H,29,30);19-23,29H,7-18H2,1-6H3;5-6,14,16,18-19H,7-13H2,1-4H3/b21-9+;;;;17-5+/t22-,23-,24+,25+,26+,28-,29+,30-,31+;18-,19+,20-,21+,22+,25-,26+,27?,28+;18?,19-,20?,21?,22?,23?,26+,27+,28-;19-,20+,21-,22+,23+,25-,26+,27-,28+;14-,16+,18-,19-,21?,22+/m11010/s1. The lowest BCUT2D eigenvalue weighted by Gasteiger charge is -2.68. The first kappa shape index (κ1) is 110. The summed E-state index contributed by atoms with van der Waals surface area (Å²) < 4.78 is 0. The number of carbonyl (C=O) groups excluding carboxylic acids is 1. The molecular formula is C137H226O7. The van der Waals surface area contributed by atoms with Crippen molar-refractivity contribution in [1.82, 2.24) is 0 Å². The van der Waals surface area contributed by atoms with E-state index in [4.69, 9.17) is 0 Å². The summed E-state index contributed by atoms with van der Waals surface area (Å²) in [7, 11) is 0. The van der Waals surface area contributed by atoms with E-state index in [2.05, 4.69) is 233 Å². The normalized spacial score (nSPS) is 53.0. The van der Waals surface area contributed by atoms with Gasteiger partial charge in [0.2, 0.25) is 0 Å². The van der Waals surface area contributed by atoms with Crippen molar-refractivity contribution in [3.05, 3.63) is 34.9 Å². The molecule has 23 aliphatic carbocycles. The maximum absolute atomic E-state index is 12.6. The number of carbonyl (C=O) groups is 3. The summed E-state index contributed by atoms with van der Waals surface area (Å²) >= 11 is 0. The fourth-order valence-corrected chi connectivity index (χ4v) is 50.4. The molecule has 7 unspecified atom stereocenters. The Hall–Kier alpha value is -2.25. The van der Waals surface area contributed by atoms with Crippen LogP contribution in [0, 0.1) is 262 Å². The molecule has 6 spiro atoms. The Morgan fingerprint density at radius 1 is 0.375 bits per heavy atom. The Morgan fingerprint density at radius 3 is 1.21 bits per heavy atom. The molecular weight excluding hydrogens is 1760 g/mol. The van der Waals surface area contributed by atoms with Crippen molar-refractivity contribution in [3.63, 3.8) is 0 Å². The molecule has 22 fully saturated rings. The summed E-state index contributed by atoms with van der Waals surface area (Å²) in [4.78, 5) is 34.9. The SMILES string of the molecule is C/C(=C\C[C@@H](C)[C@H]1CC[C@@]2(C)[C@@H]3CC[C@H]4C(C)(C)[C@@H](O)CC[C@@]45C[C@@]35CC[C@]12C)C(C)C.C/C=C1\C(=O)C[C@H]2[C@@H]3CC=C4C[C@@H](C)CCC4(C)[C@H]3CC[C@]12C.CC(CCC(=O)O)C1CC[C@@]2(C)C3CCC4C(C)(C)[C@@H](C)CC[C@]4(C)C3CC[C@]12C.C[C@H](CCC(=O)O)[C@H]1CC[C@@]2(C)[C@@H]3CC[C@H]4C(C)(C)[C@@H](C)CCC45C[C@@]35CC[C@]12C.C[C@H](CCCO)[C@H]1CC[C@@]2(C)[C@@H]3CC[C@H]4C(C)(C)[C@@H](C)CC[C@@]45C[C@@]35CC[C@]12C. The molecule has 144 heavy (non-hydrogen) atoms. The van der Waals surface area contributed by atoms with Gasteiger partial charge < -0.3 is 20.4 Å². The highest BCUT2D eigenvalue weighted by Crippen LogP contribution is 2.94. The molecule has 0 saturated heterocycles. The summed E-state index contributed by atoms with van der Waals surface area (Å²) in [6.45, 7) is 78.7. The van der Waals surface area contributed by atoms with Crippen molar-refractivity contribution in [2.24, 2.45) is 262 Å². The summed E-state index contributed by atoms with van der Waals surface area (Å²) in [5.41, 5.74) is 15.0. The maximum Gasteiger partial charge on any atom is 0.303 e. The number of aliphatic hydroxyl groups is 2. The molecule has 7 nitrogen and oxygen atoms in total. The molecule has 0 radical (unpaired) electrons. The molecule has 22 saturated carbocycles. The van der Waals surface area contributed by atoms with Gasteiger partial charge in [0.05, 0.1) is 6.10 Å². The number of hydrogen-bond acceptors (Lipinski definition) is 5. The zero-order valence-electron chi connectivity index (χ0n) is 99.6. The van der Waals surface area contributed by atoms with Crippen LogP contribution in [-0.4, -0.2) is 50.9 Å². The third-order valence-electron chi connectivity index (χ3n) is 60.9. The van der Waals surface area contributed by atoms with Gasteiger partial charge in [-0.1, -0.05) is 230 Å². The van der Waals surface area contributed by atoms with E-state index >= 15 is 0 Å². The largest absolute Gasteiger partial charge is 0.481 e. The number of hydrogen-bond donors (Lipinski definition) is 4. The molecule has 0 amide bonds. The molecule has 23 aliphatic rings. The van der Waals surface area contributed by atoms with Crippen molar-refractivity contribution < 1.29 is 34.8 Å². The average Bonchev–Trinajstić information content (AvgIpc) is 1.47. The van der Waals surface area contributed by atoms with E-state index in [1.807, 2.05) is 0 Å². The molecule has 0 aromatic carbocycles. The average molecular weight is 1990 g/mol. The Balaban J connectivity index is 0.000000114. The third-order valence-corrected chi connectivity index (χ3v) is 60.9. The first-order chi connectivity index (χ1) is 67.2. The molecule has 816 valence electrons. The Morgan fingerprint density at radius 2 is 0.757 bits per heavy atom. The van der Waals surface area contributed by atoms with Gasteiger partial charge in [0.25, 0.3) is 0 Å². The second-order valence-corrected chi connectivity index (χ2v) is 65.4. The topological polar surface area (TPSA) is 132 Å². The van der Waals surface area contributed by atoms with Gasteiger partial charge in [-0.3, -0.25) is 14.4 Å². The van der Waals surface area contributed by atoms with Crippen molar-refractivity contribution in [3.8, 4) is 0 Å². The number of fused-ring (bicyclic) bond motifs is 16. The van der Waals surface area contributed by atoms with Gasteiger partial charge in [0.15, 0.2) is 5.78 Å². The van der Waals surface area contributed by atoms with Gasteiger partial charge in [0, 0.05) is 25.9 Å². The lowest BCUT2D eigenvalue weighted by molar-refractivity contribution is -0.188. The van der Waals surface area contributed by atoms with Crippen LogP contribution in [0.25, 0.3) is 0 Å². The number of carboxylic acids is 2. The predicted octanol–water partition coefficient (Wildman–Crippen LogP) is 37.0. The highest BCUT2D eigenvalue weighted by atomic mass is 16.4. The fraction of sp³-hybridized carbons (Fsp3) is 0.934. The quantitative estimate of drug-likeness (QED) is 0.0894. The van der Waals surface area contributed by atoms with Gasteiger partial charge >= 0.3 is 11.9 Å². The number of aliphatic hydroxyl groups excluding tert-OH is 2. The van der Waals surface area contributed by atoms with Crippen LogP contribution in [0.3, 0.4) is 0 Å². The minimum absolute atomic E-state index is 0.0872. The highest BCUT2D eigenvalue weighted by molar-refractivity contribution is 5.99. The van der Waals surface area contributed by atoms with Crippen molar-refractivity contribution in [2.75, 3.05) is 6.61 Å². The van der Waals surface area contributed by atoms with Crippen LogP contribution >= 0.6 is 0 Å². The molecule has 0 aromatic heterocycles. The number of rotatable bonds is 16.